The summed E-state index contributed by atoms with van der Waals surface area (Å²) in [4.78, 5) is 28.7. The first-order chi connectivity index (χ1) is 13.5. The summed E-state index contributed by atoms with van der Waals surface area (Å²) in [7, 11) is 0. The molecule has 2 fully saturated rings. The molecule has 0 unspecified atom stereocenters. The van der Waals surface area contributed by atoms with Gasteiger partial charge in [0.15, 0.2) is 0 Å². The number of rotatable bonds is 3. The van der Waals surface area contributed by atoms with E-state index in [0.29, 0.717) is 24.7 Å². The molecule has 0 N–H and O–H groups in total. The number of piperazine rings is 1. The molecule has 2 saturated heterocycles. The lowest BCUT2D eigenvalue weighted by molar-refractivity contribution is 0.0740. The summed E-state index contributed by atoms with van der Waals surface area (Å²) in [5.74, 6) is 0.724. The van der Waals surface area contributed by atoms with Crippen LogP contribution in [0.4, 0.5) is 11.6 Å². The predicted molar refractivity (Wildman–Crippen MR) is 112 cm³/mol. The zero-order valence-corrected chi connectivity index (χ0v) is 17.1. The predicted octanol–water partition coefficient (Wildman–Crippen LogP) is 2.96. The minimum Gasteiger partial charge on any atom is -0.368 e. The highest BCUT2D eigenvalue weighted by molar-refractivity contribution is 5.93. The largest absolute Gasteiger partial charge is 0.368 e. The lowest BCUT2D eigenvalue weighted by Crippen LogP contribution is -2.49. The molecule has 2 aliphatic heterocycles. The highest BCUT2D eigenvalue weighted by Crippen LogP contribution is 2.24. The zero-order chi connectivity index (χ0) is 19.7. The van der Waals surface area contributed by atoms with Gasteiger partial charge in [0.2, 0.25) is 5.95 Å². The molecule has 1 aromatic carbocycles. The normalized spacial score (nSPS) is 17.3. The van der Waals surface area contributed by atoms with E-state index in [1.165, 1.54) is 29.7 Å². The van der Waals surface area contributed by atoms with Gasteiger partial charge in [0, 0.05) is 50.6 Å². The molecule has 2 aliphatic rings. The molecule has 0 aliphatic carbocycles. The molecular formula is C22H29N5O. The molecule has 0 saturated carbocycles. The highest BCUT2D eigenvalue weighted by Gasteiger charge is 2.25. The number of carbonyl (C=O) groups is 1. The number of amides is 1. The van der Waals surface area contributed by atoms with Crippen molar-refractivity contribution in [2.24, 2.45) is 0 Å². The second-order valence-electron chi connectivity index (χ2n) is 7.89. The van der Waals surface area contributed by atoms with Gasteiger partial charge in [-0.15, -0.1) is 0 Å². The van der Waals surface area contributed by atoms with Crippen LogP contribution in [0.1, 0.15) is 40.2 Å². The number of aryl methyl sites for hydroxylation is 2. The van der Waals surface area contributed by atoms with E-state index in [1.54, 1.807) is 0 Å². The quantitative estimate of drug-likeness (QED) is 0.821. The Balaban J connectivity index is 1.46. The molecule has 0 atom stereocenters. The van der Waals surface area contributed by atoms with Gasteiger partial charge in [-0.2, -0.15) is 0 Å². The molecule has 6 heteroatoms. The van der Waals surface area contributed by atoms with Crippen molar-refractivity contribution in [2.75, 3.05) is 49.1 Å². The van der Waals surface area contributed by atoms with Crippen molar-refractivity contribution in [1.29, 1.82) is 0 Å². The van der Waals surface area contributed by atoms with E-state index in [0.717, 1.165) is 31.9 Å². The van der Waals surface area contributed by atoms with Gasteiger partial charge in [-0.1, -0.05) is 12.1 Å². The van der Waals surface area contributed by atoms with Crippen LogP contribution in [0.5, 0.6) is 0 Å². The smallest absolute Gasteiger partial charge is 0.272 e. The molecule has 148 valence electrons. The van der Waals surface area contributed by atoms with Gasteiger partial charge in [0.05, 0.1) is 0 Å². The number of benzene rings is 1. The summed E-state index contributed by atoms with van der Waals surface area (Å²) in [5.41, 5.74) is 5.29. The van der Waals surface area contributed by atoms with Crippen LogP contribution in [0, 0.1) is 20.8 Å². The summed E-state index contributed by atoms with van der Waals surface area (Å²) in [6.45, 7) is 11.3. The molecule has 6 nitrogen and oxygen atoms in total. The molecule has 0 radical (unpaired) electrons. The SMILES string of the molecule is Cc1cc(C(=O)N2CCN(c3cccc(C)c3C)CC2)nc(N2CCCC2)n1. The first-order valence-electron chi connectivity index (χ1n) is 10.2. The Hall–Kier alpha value is -2.63. The average Bonchev–Trinajstić information content (AvgIpc) is 3.24. The van der Waals surface area contributed by atoms with Crippen molar-refractivity contribution in [2.45, 2.75) is 33.6 Å². The van der Waals surface area contributed by atoms with Gasteiger partial charge in [0.1, 0.15) is 5.69 Å². The average molecular weight is 380 g/mol. The van der Waals surface area contributed by atoms with Crippen LogP contribution in [0.15, 0.2) is 24.3 Å². The Bertz CT molecular complexity index is 867. The maximum Gasteiger partial charge on any atom is 0.272 e. The Morgan fingerprint density at radius 2 is 1.61 bits per heavy atom. The van der Waals surface area contributed by atoms with E-state index in [1.807, 2.05) is 17.9 Å². The summed E-state index contributed by atoms with van der Waals surface area (Å²) in [6, 6.07) is 8.25. The maximum absolute atomic E-state index is 13.1. The molecule has 3 heterocycles. The minimum absolute atomic E-state index is 0.0200. The van der Waals surface area contributed by atoms with Crippen molar-refractivity contribution in [1.82, 2.24) is 14.9 Å². The molecule has 0 bridgehead atoms. The fourth-order valence-corrected chi connectivity index (χ4v) is 4.11. The van der Waals surface area contributed by atoms with E-state index in [4.69, 9.17) is 0 Å². The van der Waals surface area contributed by atoms with Crippen LogP contribution in [0.25, 0.3) is 0 Å². The topological polar surface area (TPSA) is 52.6 Å². The number of nitrogens with zero attached hydrogens (tertiary/aromatic N) is 5. The van der Waals surface area contributed by atoms with E-state index < -0.39 is 0 Å². The van der Waals surface area contributed by atoms with Gasteiger partial charge >= 0.3 is 0 Å². The number of aromatic nitrogens is 2. The lowest BCUT2D eigenvalue weighted by atomic mass is 10.1. The van der Waals surface area contributed by atoms with E-state index in [9.17, 15) is 4.79 Å². The first-order valence-corrected chi connectivity index (χ1v) is 10.2. The fourth-order valence-electron chi connectivity index (χ4n) is 4.11. The van der Waals surface area contributed by atoms with Crippen molar-refractivity contribution in [3.63, 3.8) is 0 Å². The molecular weight excluding hydrogens is 350 g/mol. The third-order valence-corrected chi connectivity index (χ3v) is 5.93. The van der Waals surface area contributed by atoms with Crippen LogP contribution in [-0.4, -0.2) is 60.0 Å². The van der Waals surface area contributed by atoms with Crippen molar-refractivity contribution in [3.8, 4) is 0 Å². The minimum atomic E-state index is 0.0200. The van der Waals surface area contributed by atoms with Crippen LogP contribution in [0.3, 0.4) is 0 Å². The third kappa shape index (κ3) is 3.68. The first kappa shape index (κ1) is 18.7. The summed E-state index contributed by atoms with van der Waals surface area (Å²) >= 11 is 0. The molecule has 1 amide bonds. The van der Waals surface area contributed by atoms with Gasteiger partial charge in [0.25, 0.3) is 5.91 Å². The maximum atomic E-state index is 13.1. The summed E-state index contributed by atoms with van der Waals surface area (Å²) < 4.78 is 0. The Morgan fingerprint density at radius 3 is 2.32 bits per heavy atom. The van der Waals surface area contributed by atoms with Crippen molar-refractivity contribution in [3.05, 3.63) is 46.8 Å². The van der Waals surface area contributed by atoms with Crippen LogP contribution in [0.2, 0.25) is 0 Å². The van der Waals surface area contributed by atoms with Crippen molar-refractivity contribution < 1.29 is 4.79 Å². The van der Waals surface area contributed by atoms with Gasteiger partial charge in [-0.05, 0) is 56.9 Å². The van der Waals surface area contributed by atoms with Gasteiger partial charge in [-0.25, -0.2) is 9.97 Å². The third-order valence-electron chi connectivity index (χ3n) is 5.93. The Morgan fingerprint density at radius 1 is 0.893 bits per heavy atom. The lowest BCUT2D eigenvalue weighted by Gasteiger charge is -2.37. The Kier molecular flexibility index (Phi) is 5.20. The van der Waals surface area contributed by atoms with E-state index in [2.05, 4.69) is 51.8 Å². The Labute approximate surface area is 167 Å². The van der Waals surface area contributed by atoms with Gasteiger partial charge < -0.3 is 14.7 Å². The summed E-state index contributed by atoms with van der Waals surface area (Å²) in [5, 5.41) is 0. The van der Waals surface area contributed by atoms with Crippen LogP contribution >= 0.6 is 0 Å². The second kappa shape index (κ2) is 7.78. The zero-order valence-electron chi connectivity index (χ0n) is 17.1. The molecule has 1 aromatic heterocycles. The molecule has 2 aromatic rings. The second-order valence-corrected chi connectivity index (χ2v) is 7.89. The van der Waals surface area contributed by atoms with Gasteiger partial charge in [-0.3, -0.25) is 4.79 Å². The molecule has 4 rings (SSSR count). The fraction of sp³-hybridized carbons (Fsp3) is 0.500. The molecule has 0 spiro atoms. The van der Waals surface area contributed by atoms with Crippen molar-refractivity contribution >= 4 is 17.5 Å². The number of carbonyl (C=O) groups excluding carboxylic acids is 1. The number of hydrogen-bond acceptors (Lipinski definition) is 5. The monoisotopic (exact) mass is 379 g/mol. The standard InChI is InChI=1S/C22H29N5O/c1-16-7-6-8-20(18(16)3)25-11-13-26(14-12-25)21(28)19-15-17(2)23-22(24-19)27-9-4-5-10-27/h6-8,15H,4-5,9-14H2,1-3H3. The molecule has 28 heavy (non-hydrogen) atoms. The number of anilines is 2. The van der Waals surface area contributed by atoms with E-state index in [-0.39, 0.29) is 5.91 Å². The summed E-state index contributed by atoms with van der Waals surface area (Å²) in [6.07, 6.45) is 2.34. The number of hydrogen-bond donors (Lipinski definition) is 0. The van der Waals surface area contributed by atoms with Crippen LogP contribution < -0.4 is 9.80 Å². The van der Waals surface area contributed by atoms with Crippen LogP contribution in [-0.2, 0) is 0 Å². The van der Waals surface area contributed by atoms with E-state index >= 15 is 0 Å². The highest BCUT2D eigenvalue weighted by atomic mass is 16.2.